The number of anilines is 3. The van der Waals surface area contributed by atoms with E-state index in [-0.39, 0.29) is 29.3 Å². The highest BCUT2D eigenvalue weighted by Crippen LogP contribution is 2.37. The molecule has 0 bridgehead atoms. The van der Waals surface area contributed by atoms with Gasteiger partial charge in [-0.25, -0.2) is 14.8 Å². The minimum Gasteiger partial charge on any atom is -0.476 e. The first kappa shape index (κ1) is 46.9. The topological polar surface area (TPSA) is 192 Å². The molecule has 3 aliphatic heterocycles. The van der Waals surface area contributed by atoms with Crippen LogP contribution in [0.2, 0.25) is 0 Å². The van der Waals surface area contributed by atoms with E-state index in [1.54, 1.807) is 10.7 Å². The van der Waals surface area contributed by atoms with E-state index in [0.29, 0.717) is 116 Å². The second-order valence-corrected chi connectivity index (χ2v) is 19.7. The second-order valence-electron chi connectivity index (χ2n) is 18.7. The number of pyridine rings is 1. The van der Waals surface area contributed by atoms with Gasteiger partial charge in [0.15, 0.2) is 10.8 Å². The van der Waals surface area contributed by atoms with Crippen molar-refractivity contribution in [3.8, 4) is 22.6 Å². The number of nitrogens with zero attached hydrogens (tertiary/aromatic N) is 7. The monoisotopic (exact) mass is 993 g/mol. The number of nitrogens with one attached hydrogen (secondary N) is 2. The summed E-state index contributed by atoms with van der Waals surface area (Å²) in [6, 6.07) is 36.4. The largest absolute Gasteiger partial charge is 0.476 e. The molecule has 2 saturated heterocycles. The third-order valence-electron chi connectivity index (χ3n) is 14.2. The normalized spacial score (nSPS) is 15.9. The number of rotatable bonds is 12. The lowest BCUT2D eigenvalue weighted by Crippen LogP contribution is -2.48. The number of piperazine rings is 1. The summed E-state index contributed by atoms with van der Waals surface area (Å²) in [7, 11) is 1.86. The predicted octanol–water partition coefficient (Wildman–Crippen LogP) is 8.66. The number of carboxylic acid groups (broad SMARTS) is 1. The number of ether oxygens (including phenoxy) is 1. The van der Waals surface area contributed by atoms with Crippen molar-refractivity contribution in [2.24, 2.45) is 7.05 Å². The molecule has 1 atom stereocenters. The van der Waals surface area contributed by atoms with E-state index in [1.165, 1.54) is 11.3 Å². The van der Waals surface area contributed by atoms with Crippen LogP contribution in [0.25, 0.3) is 32.2 Å². The molecule has 3 aromatic heterocycles. The summed E-state index contributed by atoms with van der Waals surface area (Å²) in [5.74, 6) is -0.642. The highest BCUT2D eigenvalue weighted by molar-refractivity contribution is 7.22. The number of piperidine rings is 1. The van der Waals surface area contributed by atoms with Crippen LogP contribution in [-0.2, 0) is 40.8 Å². The molecular weight excluding hydrogens is 943 g/mol. The molecular formula is C56H51N9O7S. The standard InChI is InChI=1S/C56H51N9O7S/c1-33-38(39-20-22-48(58-52(39)55(70)71)65-26-25-35-7-5-9-40(43(35)32-65)53(68)60-56-57-44-10-3-4-12-47(44)73-56)8-6-11-46(33)72-37-17-13-34(14-18-37)15-24-50(67)64-29-27-63(28-30-64)36-16-19-41-45(31-36)62(2)61-51(41)42-21-23-49(66)59-54(42)69/h3-14,16-20,22,31,42H,15,21,23-30,32H2,1-2H3,(H,70,71)(H,57,60,68)(H,59,66,69). The Kier molecular flexibility index (Phi) is 12.6. The molecule has 0 spiro atoms. The summed E-state index contributed by atoms with van der Waals surface area (Å²) < 4.78 is 9.14. The van der Waals surface area contributed by atoms with Crippen LogP contribution in [0.1, 0.15) is 74.0 Å². The van der Waals surface area contributed by atoms with Gasteiger partial charge in [-0.05, 0) is 121 Å². The molecule has 1 unspecified atom stereocenters. The summed E-state index contributed by atoms with van der Waals surface area (Å²) in [4.78, 5) is 79.7. The molecule has 0 aliphatic carbocycles. The van der Waals surface area contributed by atoms with Crippen LogP contribution in [0, 0.1) is 6.92 Å². The Bertz CT molecular complexity index is 3470. The third kappa shape index (κ3) is 9.46. The fraction of sp³-hybridized carbons (Fsp3) is 0.250. The number of thiazole rings is 1. The minimum absolute atomic E-state index is 0.0858. The number of aryl methyl sites for hydroxylation is 2. The van der Waals surface area contributed by atoms with Gasteiger partial charge >= 0.3 is 5.97 Å². The van der Waals surface area contributed by atoms with Crippen molar-refractivity contribution in [2.75, 3.05) is 47.8 Å². The van der Waals surface area contributed by atoms with Gasteiger partial charge in [-0.15, -0.1) is 0 Å². The van der Waals surface area contributed by atoms with Gasteiger partial charge in [-0.2, -0.15) is 5.10 Å². The number of aromatic nitrogens is 4. The molecule has 368 valence electrons. The number of carbonyl (C=O) groups is 5. The lowest BCUT2D eigenvalue weighted by atomic mass is 9.93. The van der Waals surface area contributed by atoms with Crippen molar-refractivity contribution < 1.29 is 33.8 Å². The van der Waals surface area contributed by atoms with Gasteiger partial charge in [0.05, 0.1) is 27.3 Å². The maximum absolute atomic E-state index is 13.7. The van der Waals surface area contributed by atoms with Crippen molar-refractivity contribution in [2.45, 2.75) is 51.5 Å². The number of para-hydroxylation sites is 1. The summed E-state index contributed by atoms with van der Waals surface area (Å²) >= 11 is 1.42. The zero-order valence-electron chi connectivity index (χ0n) is 40.3. The fourth-order valence-electron chi connectivity index (χ4n) is 10.3. The van der Waals surface area contributed by atoms with Crippen LogP contribution in [-0.4, -0.2) is 92.1 Å². The summed E-state index contributed by atoms with van der Waals surface area (Å²) in [5.41, 5.74) is 8.72. The molecule has 17 heteroatoms. The molecule has 3 aliphatic rings. The van der Waals surface area contributed by atoms with Crippen LogP contribution in [0.3, 0.4) is 0 Å². The number of carboxylic acids is 1. The second kappa shape index (κ2) is 19.6. The van der Waals surface area contributed by atoms with E-state index < -0.39 is 11.9 Å². The lowest BCUT2D eigenvalue weighted by molar-refractivity contribution is -0.134. The number of carbonyl (C=O) groups excluding carboxylic acids is 4. The molecule has 73 heavy (non-hydrogen) atoms. The molecule has 16 nitrogen and oxygen atoms in total. The number of imide groups is 1. The Morgan fingerprint density at radius 2 is 1.64 bits per heavy atom. The first-order chi connectivity index (χ1) is 35.4. The minimum atomic E-state index is -1.16. The smallest absolute Gasteiger partial charge is 0.355 e. The molecule has 4 amide bonds. The van der Waals surface area contributed by atoms with Crippen LogP contribution < -0.4 is 25.2 Å². The Morgan fingerprint density at radius 1 is 0.836 bits per heavy atom. The van der Waals surface area contributed by atoms with Crippen LogP contribution in [0.4, 0.5) is 16.6 Å². The summed E-state index contributed by atoms with van der Waals surface area (Å²) in [5, 5.41) is 22.0. The fourth-order valence-corrected chi connectivity index (χ4v) is 11.1. The van der Waals surface area contributed by atoms with Crippen molar-refractivity contribution in [1.82, 2.24) is 30.0 Å². The Morgan fingerprint density at radius 3 is 2.44 bits per heavy atom. The molecule has 3 N–H and O–H groups in total. The number of hydrogen-bond acceptors (Lipinski definition) is 12. The number of hydrogen-bond donors (Lipinski definition) is 3. The number of fused-ring (bicyclic) bond motifs is 3. The average molecular weight is 994 g/mol. The van der Waals surface area contributed by atoms with Gasteiger partial charge in [-0.1, -0.05) is 59.9 Å². The molecule has 0 radical (unpaired) electrons. The SMILES string of the molecule is Cc1c(Oc2ccc(CCC(=O)N3CCN(c4ccc5c(C6CCC(=O)NC6=O)nn(C)c5c4)CC3)cc2)cccc1-c1ccc(N2CCc3cccc(C(=O)Nc4nc5ccccc5s4)c3C2)nc1C(=O)O. The number of aromatic carboxylic acids is 1. The Labute approximate surface area is 424 Å². The predicted molar refractivity (Wildman–Crippen MR) is 280 cm³/mol. The van der Waals surface area contributed by atoms with Crippen molar-refractivity contribution >= 4 is 78.7 Å². The first-order valence-corrected chi connectivity index (χ1v) is 25.2. The maximum Gasteiger partial charge on any atom is 0.355 e. The van der Waals surface area contributed by atoms with E-state index in [2.05, 4.69) is 31.7 Å². The average Bonchev–Trinajstić information content (AvgIpc) is 3.97. The molecule has 5 aromatic carbocycles. The van der Waals surface area contributed by atoms with Gasteiger partial charge in [0.2, 0.25) is 17.7 Å². The lowest BCUT2D eigenvalue weighted by Gasteiger charge is -2.36. The molecule has 0 saturated carbocycles. The van der Waals surface area contributed by atoms with Gasteiger partial charge in [-0.3, -0.25) is 34.5 Å². The van der Waals surface area contributed by atoms with Gasteiger partial charge in [0.1, 0.15) is 17.3 Å². The highest BCUT2D eigenvalue weighted by Gasteiger charge is 2.32. The van der Waals surface area contributed by atoms with Crippen molar-refractivity contribution in [3.63, 3.8) is 0 Å². The summed E-state index contributed by atoms with van der Waals surface area (Å²) in [6.07, 6.45) is 2.35. The van der Waals surface area contributed by atoms with E-state index in [4.69, 9.17) is 9.72 Å². The number of benzene rings is 5. The summed E-state index contributed by atoms with van der Waals surface area (Å²) in [6.45, 7) is 5.46. The van der Waals surface area contributed by atoms with E-state index >= 15 is 0 Å². The van der Waals surface area contributed by atoms with E-state index in [9.17, 15) is 29.1 Å². The third-order valence-corrected chi connectivity index (χ3v) is 15.2. The Hall–Kier alpha value is -8.44. The zero-order chi connectivity index (χ0) is 50.3. The highest BCUT2D eigenvalue weighted by atomic mass is 32.1. The van der Waals surface area contributed by atoms with Crippen molar-refractivity contribution in [3.05, 3.63) is 154 Å². The van der Waals surface area contributed by atoms with Crippen LogP contribution >= 0.6 is 11.3 Å². The van der Waals surface area contributed by atoms with Crippen LogP contribution in [0.5, 0.6) is 11.5 Å². The first-order valence-electron chi connectivity index (χ1n) is 24.4. The van der Waals surface area contributed by atoms with Gasteiger partial charge in [0.25, 0.3) is 5.91 Å². The van der Waals surface area contributed by atoms with E-state index in [1.807, 2.05) is 127 Å². The quantitative estimate of drug-likeness (QED) is 0.0989. The zero-order valence-corrected chi connectivity index (χ0v) is 41.1. The molecule has 2 fully saturated rings. The number of amides is 4. The Balaban J connectivity index is 0.702. The van der Waals surface area contributed by atoms with Gasteiger partial charge < -0.3 is 24.5 Å². The molecule has 8 aromatic rings. The molecule has 11 rings (SSSR count). The van der Waals surface area contributed by atoms with Crippen molar-refractivity contribution in [1.29, 1.82) is 0 Å². The molecule has 6 heterocycles. The van der Waals surface area contributed by atoms with E-state index in [0.717, 1.165) is 49.1 Å². The van der Waals surface area contributed by atoms with Crippen LogP contribution in [0.15, 0.2) is 115 Å². The van der Waals surface area contributed by atoms with Gasteiger partial charge in [0, 0.05) is 81.4 Å². The maximum atomic E-state index is 13.7.